The Morgan fingerprint density at radius 2 is 1.72 bits per heavy atom. The highest BCUT2D eigenvalue weighted by atomic mass is 35.5. The molecule has 1 aliphatic heterocycles. The van der Waals surface area contributed by atoms with Crippen molar-refractivity contribution >= 4 is 27.5 Å². The van der Waals surface area contributed by atoms with Crippen molar-refractivity contribution in [2.75, 3.05) is 13.1 Å². The van der Waals surface area contributed by atoms with Crippen LogP contribution in [0.15, 0.2) is 59.5 Å². The first-order valence-electron chi connectivity index (χ1n) is 9.69. The maximum absolute atomic E-state index is 12.5. The fraction of sp³-hybridized carbons (Fsp3) is 0.381. The van der Waals surface area contributed by atoms with Crippen molar-refractivity contribution in [2.45, 2.75) is 43.3 Å². The first-order valence-corrected chi connectivity index (χ1v) is 11.6. The largest absolute Gasteiger partial charge is 0.351 e. The molecule has 1 fully saturated rings. The van der Waals surface area contributed by atoms with Crippen molar-refractivity contribution in [1.29, 1.82) is 0 Å². The lowest BCUT2D eigenvalue weighted by Crippen LogP contribution is -2.51. The van der Waals surface area contributed by atoms with Gasteiger partial charge < -0.3 is 5.32 Å². The summed E-state index contributed by atoms with van der Waals surface area (Å²) in [5.41, 5.74) is 0.878. The minimum absolute atomic E-state index is 0.0618. The minimum Gasteiger partial charge on any atom is -0.351 e. The number of nitrogens with one attached hydrogen (secondary N) is 2. The molecule has 1 amide bonds. The number of carbonyl (C=O) groups excluding carboxylic acids is 1. The number of benzene rings is 2. The molecule has 2 aromatic carbocycles. The zero-order chi connectivity index (χ0) is 20.9. The Labute approximate surface area is 177 Å². The van der Waals surface area contributed by atoms with Crippen molar-refractivity contribution < 1.29 is 13.2 Å². The first kappa shape index (κ1) is 21.8. The fourth-order valence-electron chi connectivity index (χ4n) is 3.43. The van der Waals surface area contributed by atoms with Crippen LogP contribution >= 0.6 is 11.6 Å². The Kier molecular flexibility index (Phi) is 7.29. The Morgan fingerprint density at radius 3 is 2.38 bits per heavy atom. The average molecular weight is 436 g/mol. The summed E-state index contributed by atoms with van der Waals surface area (Å²) in [6.45, 7) is 3.57. The number of hydrogen-bond acceptors (Lipinski definition) is 4. The quantitative estimate of drug-likeness (QED) is 0.701. The van der Waals surface area contributed by atoms with E-state index in [0.29, 0.717) is 37.5 Å². The van der Waals surface area contributed by atoms with E-state index >= 15 is 0 Å². The summed E-state index contributed by atoms with van der Waals surface area (Å²) in [5.74, 6) is -0.0618. The standard InChI is InChI=1S/C21H26ClN3O3S/c1-16(21(26)23-15-17-7-5-6-10-20(17)22)25-13-11-18(12-14-25)24-29(27,28)19-8-3-2-4-9-19/h2-10,16,18,24H,11-15H2,1H3,(H,23,26). The van der Waals surface area contributed by atoms with Crippen LogP contribution in [0.3, 0.4) is 0 Å². The van der Waals surface area contributed by atoms with E-state index in [1.54, 1.807) is 36.4 Å². The second-order valence-electron chi connectivity index (χ2n) is 7.23. The summed E-state index contributed by atoms with van der Waals surface area (Å²) in [6.07, 6.45) is 1.32. The SMILES string of the molecule is CC(C(=O)NCc1ccccc1Cl)N1CCC(NS(=O)(=O)c2ccccc2)CC1. The van der Waals surface area contributed by atoms with Crippen LogP contribution in [0, 0.1) is 0 Å². The maximum atomic E-state index is 12.5. The highest BCUT2D eigenvalue weighted by Crippen LogP contribution is 2.18. The van der Waals surface area contributed by atoms with Gasteiger partial charge in [-0.1, -0.05) is 48.0 Å². The molecular formula is C21H26ClN3O3S. The molecule has 1 aliphatic rings. The predicted molar refractivity (Wildman–Crippen MR) is 114 cm³/mol. The summed E-state index contributed by atoms with van der Waals surface area (Å²) in [5, 5.41) is 3.56. The molecule has 1 heterocycles. The molecular weight excluding hydrogens is 410 g/mol. The Hall–Kier alpha value is -1.93. The summed E-state index contributed by atoms with van der Waals surface area (Å²) in [4.78, 5) is 14.9. The highest BCUT2D eigenvalue weighted by Gasteiger charge is 2.29. The van der Waals surface area contributed by atoms with Crippen molar-refractivity contribution in [3.63, 3.8) is 0 Å². The van der Waals surface area contributed by atoms with Gasteiger partial charge in [-0.15, -0.1) is 0 Å². The molecule has 6 nitrogen and oxygen atoms in total. The third kappa shape index (κ3) is 5.79. The van der Waals surface area contributed by atoms with Crippen LogP contribution in [0.25, 0.3) is 0 Å². The van der Waals surface area contributed by atoms with Crippen LogP contribution in [0.4, 0.5) is 0 Å². The topological polar surface area (TPSA) is 78.5 Å². The monoisotopic (exact) mass is 435 g/mol. The molecule has 0 bridgehead atoms. The van der Waals surface area contributed by atoms with Crippen LogP contribution in [-0.2, 0) is 21.4 Å². The maximum Gasteiger partial charge on any atom is 0.240 e. The van der Waals surface area contributed by atoms with Gasteiger partial charge in [0.1, 0.15) is 0 Å². The molecule has 0 spiro atoms. The molecule has 8 heteroatoms. The molecule has 0 aromatic heterocycles. The van der Waals surface area contributed by atoms with Crippen LogP contribution in [0.5, 0.6) is 0 Å². The Morgan fingerprint density at radius 1 is 1.10 bits per heavy atom. The zero-order valence-electron chi connectivity index (χ0n) is 16.3. The van der Waals surface area contributed by atoms with Gasteiger partial charge >= 0.3 is 0 Å². The molecule has 2 N–H and O–H groups in total. The number of halogens is 1. The van der Waals surface area contributed by atoms with Gasteiger partial charge in [-0.3, -0.25) is 9.69 Å². The molecule has 1 unspecified atom stereocenters. The van der Waals surface area contributed by atoms with Crippen LogP contribution in [0.1, 0.15) is 25.3 Å². The number of amides is 1. The van der Waals surface area contributed by atoms with E-state index in [1.165, 1.54) is 0 Å². The van der Waals surface area contributed by atoms with Crippen molar-refractivity contribution in [1.82, 2.24) is 14.9 Å². The summed E-state index contributed by atoms with van der Waals surface area (Å²) in [6, 6.07) is 15.4. The molecule has 0 aliphatic carbocycles. The number of carbonyl (C=O) groups is 1. The van der Waals surface area contributed by atoms with Crippen LogP contribution in [0.2, 0.25) is 5.02 Å². The molecule has 2 aromatic rings. The van der Waals surface area contributed by atoms with Gasteiger partial charge in [-0.2, -0.15) is 0 Å². The number of sulfonamides is 1. The van der Waals surface area contributed by atoms with Crippen LogP contribution < -0.4 is 10.0 Å². The van der Waals surface area contributed by atoms with Gasteiger partial charge in [0.25, 0.3) is 0 Å². The van der Waals surface area contributed by atoms with Crippen LogP contribution in [-0.4, -0.2) is 44.4 Å². The number of nitrogens with zero attached hydrogens (tertiary/aromatic N) is 1. The summed E-state index contributed by atoms with van der Waals surface area (Å²) < 4.78 is 27.7. The van der Waals surface area contributed by atoms with Crippen molar-refractivity contribution in [3.8, 4) is 0 Å². The third-order valence-electron chi connectivity index (χ3n) is 5.24. The van der Waals surface area contributed by atoms with Gasteiger partial charge in [0.15, 0.2) is 0 Å². The number of hydrogen-bond donors (Lipinski definition) is 2. The second-order valence-corrected chi connectivity index (χ2v) is 9.35. The van der Waals surface area contributed by atoms with E-state index in [9.17, 15) is 13.2 Å². The molecule has 1 atom stereocenters. The third-order valence-corrected chi connectivity index (χ3v) is 7.15. The van der Waals surface area contributed by atoms with Crippen molar-refractivity contribution in [2.24, 2.45) is 0 Å². The smallest absolute Gasteiger partial charge is 0.240 e. The van der Waals surface area contributed by atoms with E-state index in [2.05, 4.69) is 14.9 Å². The van der Waals surface area contributed by atoms with Gasteiger partial charge in [-0.05, 0) is 43.5 Å². The normalized spacial score (nSPS) is 17.0. The van der Waals surface area contributed by atoms with Gasteiger partial charge in [-0.25, -0.2) is 13.1 Å². The van der Waals surface area contributed by atoms with E-state index in [-0.39, 0.29) is 22.9 Å². The molecule has 156 valence electrons. The molecule has 29 heavy (non-hydrogen) atoms. The molecule has 0 saturated carbocycles. The first-order chi connectivity index (χ1) is 13.9. The van der Waals surface area contributed by atoms with E-state index in [0.717, 1.165) is 5.56 Å². The lowest BCUT2D eigenvalue weighted by molar-refractivity contribution is -0.126. The summed E-state index contributed by atoms with van der Waals surface area (Å²) in [7, 11) is -3.52. The summed E-state index contributed by atoms with van der Waals surface area (Å²) >= 11 is 6.13. The second kappa shape index (κ2) is 9.71. The van der Waals surface area contributed by atoms with Crippen molar-refractivity contribution in [3.05, 3.63) is 65.2 Å². The number of likely N-dealkylation sites (tertiary alicyclic amines) is 1. The fourth-order valence-corrected chi connectivity index (χ4v) is 4.96. The van der Waals surface area contributed by atoms with Gasteiger partial charge in [0.05, 0.1) is 10.9 Å². The Balaban J connectivity index is 1.48. The van der Waals surface area contributed by atoms with E-state index in [1.807, 2.05) is 25.1 Å². The number of piperidine rings is 1. The molecule has 1 saturated heterocycles. The zero-order valence-corrected chi connectivity index (χ0v) is 17.9. The predicted octanol–water partition coefficient (Wildman–Crippen LogP) is 2.79. The Bertz CT molecular complexity index is 929. The molecule has 0 radical (unpaired) electrons. The lowest BCUT2D eigenvalue weighted by Gasteiger charge is -2.35. The number of rotatable bonds is 7. The highest BCUT2D eigenvalue weighted by molar-refractivity contribution is 7.89. The van der Waals surface area contributed by atoms with Gasteiger partial charge in [0, 0.05) is 30.7 Å². The van der Waals surface area contributed by atoms with E-state index in [4.69, 9.17) is 11.6 Å². The lowest BCUT2D eigenvalue weighted by atomic mass is 10.0. The van der Waals surface area contributed by atoms with Gasteiger partial charge in [0.2, 0.25) is 15.9 Å². The minimum atomic E-state index is -3.52. The van der Waals surface area contributed by atoms with E-state index < -0.39 is 10.0 Å². The molecule has 3 rings (SSSR count). The average Bonchev–Trinajstić information content (AvgIpc) is 2.73.